The molecule has 6 nitrogen and oxygen atoms in total. The summed E-state index contributed by atoms with van der Waals surface area (Å²) >= 11 is 0. The summed E-state index contributed by atoms with van der Waals surface area (Å²) in [6.07, 6.45) is 6.66. The average molecular weight is 479 g/mol. The molecule has 2 heterocycles. The van der Waals surface area contributed by atoms with Gasteiger partial charge < -0.3 is 20.4 Å². The molecule has 2 rings (SSSR count). The highest BCUT2D eigenvalue weighted by atomic mass is 127. The Balaban J connectivity index is 0.00000338. The highest BCUT2D eigenvalue weighted by Gasteiger charge is 2.23. The maximum atomic E-state index is 11.5. The Bertz CT molecular complexity index is 430. The van der Waals surface area contributed by atoms with E-state index in [2.05, 4.69) is 32.3 Å². The molecular weight excluding hydrogens is 441 g/mol. The second-order valence-electron chi connectivity index (χ2n) is 7.66. The lowest BCUT2D eigenvalue weighted by Gasteiger charge is -2.34. The number of likely N-dealkylation sites (tertiary alicyclic amines) is 2. The summed E-state index contributed by atoms with van der Waals surface area (Å²) in [6, 6.07) is 0. The summed E-state index contributed by atoms with van der Waals surface area (Å²) in [7, 11) is 3.58. The van der Waals surface area contributed by atoms with Crippen LogP contribution in [0.3, 0.4) is 0 Å². The normalized spacial score (nSPS) is 20.6. The highest BCUT2D eigenvalue weighted by Crippen LogP contribution is 2.20. The number of nitrogens with one attached hydrogen (secondary N) is 2. The quantitative estimate of drug-likeness (QED) is 0.265. The fourth-order valence-electron chi connectivity index (χ4n) is 3.83. The number of nitrogens with zero attached hydrogens (tertiary/aromatic N) is 3. The monoisotopic (exact) mass is 479 g/mol. The summed E-state index contributed by atoms with van der Waals surface area (Å²) in [5.41, 5.74) is 0. The predicted molar refractivity (Wildman–Crippen MR) is 119 cm³/mol. The van der Waals surface area contributed by atoms with Crippen LogP contribution in [0.5, 0.6) is 0 Å². The molecule has 0 unspecified atom stereocenters. The zero-order chi connectivity index (χ0) is 18.1. The van der Waals surface area contributed by atoms with Crippen molar-refractivity contribution in [2.24, 2.45) is 16.8 Å². The summed E-state index contributed by atoms with van der Waals surface area (Å²) in [5.74, 6) is 2.59. The SMILES string of the molecule is CN=C(NCCCN1CCC(C)CC1)N1CCC(CC(=O)NC)CC1.I. The summed E-state index contributed by atoms with van der Waals surface area (Å²) in [4.78, 5) is 20.9. The summed E-state index contributed by atoms with van der Waals surface area (Å²) < 4.78 is 0. The van der Waals surface area contributed by atoms with Gasteiger partial charge in [-0.05, 0) is 63.6 Å². The molecule has 0 spiro atoms. The number of aliphatic imine (C=N–C) groups is 1. The molecule has 0 aromatic rings. The highest BCUT2D eigenvalue weighted by molar-refractivity contribution is 14.0. The molecule has 152 valence electrons. The minimum Gasteiger partial charge on any atom is -0.359 e. The van der Waals surface area contributed by atoms with Gasteiger partial charge >= 0.3 is 0 Å². The Morgan fingerprint density at radius 2 is 1.77 bits per heavy atom. The van der Waals surface area contributed by atoms with Gasteiger partial charge in [-0.3, -0.25) is 9.79 Å². The summed E-state index contributed by atoms with van der Waals surface area (Å²) in [5, 5.41) is 6.25. The predicted octanol–water partition coefficient (Wildman–Crippen LogP) is 2.15. The van der Waals surface area contributed by atoms with Gasteiger partial charge in [-0.25, -0.2) is 0 Å². The van der Waals surface area contributed by atoms with E-state index in [-0.39, 0.29) is 29.9 Å². The van der Waals surface area contributed by atoms with Crippen LogP contribution in [0.25, 0.3) is 0 Å². The van der Waals surface area contributed by atoms with Gasteiger partial charge in [0.25, 0.3) is 0 Å². The van der Waals surface area contributed by atoms with Crippen molar-refractivity contribution in [3.63, 3.8) is 0 Å². The lowest BCUT2D eigenvalue weighted by Crippen LogP contribution is -2.46. The number of halogens is 1. The van der Waals surface area contributed by atoms with Crippen molar-refractivity contribution in [2.45, 2.75) is 45.4 Å². The minimum absolute atomic E-state index is 0. The first-order chi connectivity index (χ1) is 12.1. The molecule has 2 saturated heterocycles. The maximum Gasteiger partial charge on any atom is 0.220 e. The summed E-state index contributed by atoms with van der Waals surface area (Å²) in [6.45, 7) is 9.03. The topological polar surface area (TPSA) is 60.0 Å². The van der Waals surface area contributed by atoms with Gasteiger partial charge in [0.05, 0.1) is 0 Å². The Kier molecular flexibility index (Phi) is 11.5. The van der Waals surface area contributed by atoms with Crippen LogP contribution in [0.4, 0.5) is 0 Å². The van der Waals surface area contributed by atoms with E-state index in [0.29, 0.717) is 12.3 Å². The van der Waals surface area contributed by atoms with E-state index < -0.39 is 0 Å². The van der Waals surface area contributed by atoms with Crippen LogP contribution in [0.2, 0.25) is 0 Å². The number of rotatable bonds is 6. The molecule has 0 saturated carbocycles. The van der Waals surface area contributed by atoms with Gasteiger partial charge in [-0.1, -0.05) is 6.92 Å². The van der Waals surface area contributed by atoms with E-state index in [0.717, 1.165) is 44.4 Å². The number of amides is 1. The van der Waals surface area contributed by atoms with E-state index in [1.807, 2.05) is 7.05 Å². The second-order valence-corrected chi connectivity index (χ2v) is 7.66. The maximum absolute atomic E-state index is 11.5. The lowest BCUT2D eigenvalue weighted by molar-refractivity contribution is -0.121. The Hall–Kier alpha value is -0.570. The molecule has 0 radical (unpaired) electrons. The molecule has 0 atom stereocenters. The zero-order valence-electron chi connectivity index (χ0n) is 16.8. The first-order valence-corrected chi connectivity index (χ1v) is 10.0. The Morgan fingerprint density at radius 1 is 1.12 bits per heavy atom. The second kappa shape index (κ2) is 12.8. The van der Waals surface area contributed by atoms with Gasteiger partial charge in [0, 0.05) is 40.2 Å². The molecule has 26 heavy (non-hydrogen) atoms. The van der Waals surface area contributed by atoms with Crippen molar-refractivity contribution in [1.82, 2.24) is 20.4 Å². The van der Waals surface area contributed by atoms with E-state index in [9.17, 15) is 4.79 Å². The molecule has 7 heteroatoms. The van der Waals surface area contributed by atoms with Crippen molar-refractivity contribution in [3.8, 4) is 0 Å². The molecule has 0 aromatic carbocycles. The molecule has 2 N–H and O–H groups in total. The van der Waals surface area contributed by atoms with E-state index in [4.69, 9.17) is 0 Å². The fourth-order valence-corrected chi connectivity index (χ4v) is 3.83. The Morgan fingerprint density at radius 3 is 2.35 bits per heavy atom. The van der Waals surface area contributed by atoms with Gasteiger partial charge in [0.1, 0.15) is 0 Å². The third-order valence-electron chi connectivity index (χ3n) is 5.69. The van der Waals surface area contributed by atoms with Crippen molar-refractivity contribution in [1.29, 1.82) is 0 Å². The van der Waals surface area contributed by atoms with Crippen molar-refractivity contribution in [3.05, 3.63) is 0 Å². The van der Waals surface area contributed by atoms with Crippen LogP contribution in [0.1, 0.15) is 45.4 Å². The zero-order valence-corrected chi connectivity index (χ0v) is 19.1. The molecule has 2 fully saturated rings. The smallest absolute Gasteiger partial charge is 0.220 e. The van der Waals surface area contributed by atoms with Crippen LogP contribution in [-0.4, -0.2) is 75.0 Å². The van der Waals surface area contributed by atoms with Gasteiger partial charge in [-0.2, -0.15) is 0 Å². The average Bonchev–Trinajstić information content (AvgIpc) is 2.64. The molecule has 2 aliphatic heterocycles. The number of hydrogen-bond donors (Lipinski definition) is 2. The third-order valence-corrected chi connectivity index (χ3v) is 5.69. The third kappa shape index (κ3) is 7.98. The van der Waals surface area contributed by atoms with Gasteiger partial charge in [-0.15, -0.1) is 24.0 Å². The van der Waals surface area contributed by atoms with Crippen LogP contribution < -0.4 is 10.6 Å². The Labute approximate surface area is 176 Å². The van der Waals surface area contributed by atoms with Gasteiger partial charge in [0.15, 0.2) is 5.96 Å². The fraction of sp³-hybridized carbons (Fsp3) is 0.895. The van der Waals surface area contributed by atoms with Crippen LogP contribution in [0, 0.1) is 11.8 Å². The first kappa shape index (κ1) is 23.5. The number of hydrogen-bond acceptors (Lipinski definition) is 3. The van der Waals surface area contributed by atoms with Crippen LogP contribution in [0.15, 0.2) is 4.99 Å². The van der Waals surface area contributed by atoms with E-state index in [1.165, 1.54) is 38.9 Å². The molecule has 1 amide bonds. The first-order valence-electron chi connectivity index (χ1n) is 10.0. The molecule has 0 bridgehead atoms. The minimum atomic E-state index is 0. The number of piperidine rings is 2. The van der Waals surface area contributed by atoms with Crippen molar-refractivity contribution in [2.75, 3.05) is 53.4 Å². The number of carbonyl (C=O) groups excluding carboxylic acids is 1. The molecular formula is C19H38IN5O. The van der Waals surface area contributed by atoms with Crippen LogP contribution >= 0.6 is 24.0 Å². The van der Waals surface area contributed by atoms with E-state index in [1.54, 1.807) is 7.05 Å². The van der Waals surface area contributed by atoms with Crippen molar-refractivity contribution >= 4 is 35.8 Å². The van der Waals surface area contributed by atoms with Crippen LogP contribution in [-0.2, 0) is 4.79 Å². The van der Waals surface area contributed by atoms with Crippen molar-refractivity contribution < 1.29 is 4.79 Å². The standard InChI is InChI=1S/C19H37N5O.HI/c1-16-5-11-23(12-6-16)10-4-9-22-19(21-3)24-13-7-17(8-14-24)15-18(25)20-2;/h16-17H,4-15H2,1-3H3,(H,20,25)(H,21,22);1H. The number of carbonyl (C=O) groups is 1. The lowest BCUT2D eigenvalue weighted by atomic mass is 9.93. The number of guanidine groups is 1. The van der Waals surface area contributed by atoms with Gasteiger partial charge in [0.2, 0.25) is 5.91 Å². The molecule has 0 aliphatic carbocycles. The largest absolute Gasteiger partial charge is 0.359 e. The molecule has 2 aliphatic rings. The van der Waals surface area contributed by atoms with E-state index >= 15 is 0 Å². The molecule has 0 aromatic heterocycles.